The van der Waals surface area contributed by atoms with Gasteiger partial charge in [0.1, 0.15) is 23.7 Å². The molecule has 200 valence electrons. The first kappa shape index (κ1) is 25.6. The van der Waals surface area contributed by atoms with Crippen molar-refractivity contribution in [1.29, 1.82) is 5.26 Å². The van der Waals surface area contributed by atoms with E-state index in [0.717, 1.165) is 17.1 Å². The first-order valence-electron chi connectivity index (χ1n) is 12.0. The molecular formula is C24H23F2N11O2. The van der Waals surface area contributed by atoms with Crippen LogP contribution in [0.25, 0.3) is 11.4 Å². The van der Waals surface area contributed by atoms with Crippen molar-refractivity contribution in [3.05, 3.63) is 52.9 Å². The Labute approximate surface area is 221 Å². The number of carbonyl (C=O) groups excluding carboxylic acids is 2. The van der Waals surface area contributed by atoms with E-state index >= 15 is 0 Å². The van der Waals surface area contributed by atoms with Crippen LogP contribution in [-0.4, -0.2) is 79.2 Å². The number of primary amides is 1. The molecule has 2 aliphatic heterocycles. The molecular weight excluding hydrogens is 512 g/mol. The molecule has 3 aromatic rings. The molecule has 2 aromatic heterocycles. The van der Waals surface area contributed by atoms with Gasteiger partial charge in [-0.2, -0.15) is 25.4 Å². The van der Waals surface area contributed by atoms with Gasteiger partial charge >= 0.3 is 6.03 Å². The van der Waals surface area contributed by atoms with Crippen molar-refractivity contribution in [2.75, 3.05) is 31.1 Å². The second-order valence-corrected chi connectivity index (χ2v) is 9.03. The van der Waals surface area contributed by atoms with Crippen molar-refractivity contribution in [3.63, 3.8) is 0 Å². The fraction of sp³-hybridized carbons (Fsp3) is 0.333. The van der Waals surface area contributed by atoms with Gasteiger partial charge in [0.15, 0.2) is 5.82 Å². The molecule has 4 heterocycles. The van der Waals surface area contributed by atoms with Crippen molar-refractivity contribution in [1.82, 2.24) is 34.9 Å². The zero-order chi connectivity index (χ0) is 27.7. The molecule has 1 atom stereocenters. The highest BCUT2D eigenvalue weighted by Crippen LogP contribution is 2.31. The number of hydrazone groups is 1. The van der Waals surface area contributed by atoms with E-state index in [2.05, 4.69) is 25.3 Å². The Morgan fingerprint density at radius 3 is 2.62 bits per heavy atom. The van der Waals surface area contributed by atoms with Gasteiger partial charge in [0, 0.05) is 38.8 Å². The molecule has 13 nitrogen and oxygen atoms in total. The molecule has 0 aliphatic carbocycles. The molecule has 15 heteroatoms. The lowest BCUT2D eigenvalue weighted by Gasteiger charge is -2.37. The Kier molecular flexibility index (Phi) is 6.84. The lowest BCUT2D eigenvalue weighted by Crippen LogP contribution is -2.52. The Morgan fingerprint density at radius 1 is 1.13 bits per heavy atom. The third kappa shape index (κ3) is 5.21. The van der Waals surface area contributed by atoms with E-state index < -0.39 is 23.6 Å². The standard InChI is InChI=1S/C24H23F2N11O2/c1-14-21(33-36(32-14)13-20(28)38)22-18(26)12-29-23(31-22)34-4-6-35(7-5-34)24(39)37-19(2-3-30-37)16-8-15(11-27)9-17(25)10-16/h3,8-10,12,19H,2,4-7,13H2,1H3,(H2,28,38)/t19-/m0/s1. The highest BCUT2D eigenvalue weighted by atomic mass is 19.1. The zero-order valence-corrected chi connectivity index (χ0v) is 20.8. The van der Waals surface area contributed by atoms with Crippen molar-refractivity contribution in [3.8, 4) is 17.5 Å². The number of benzene rings is 1. The third-order valence-electron chi connectivity index (χ3n) is 6.37. The fourth-order valence-corrected chi connectivity index (χ4v) is 4.52. The van der Waals surface area contributed by atoms with Crippen LogP contribution in [0.4, 0.5) is 19.5 Å². The van der Waals surface area contributed by atoms with E-state index in [0.29, 0.717) is 43.9 Å². The van der Waals surface area contributed by atoms with Crippen LogP contribution in [0.1, 0.15) is 29.3 Å². The Hall–Kier alpha value is -5.00. The number of hydrogen-bond donors (Lipinski definition) is 1. The molecule has 0 spiro atoms. The number of urea groups is 1. The molecule has 0 unspecified atom stereocenters. The number of halogens is 2. The zero-order valence-electron chi connectivity index (χ0n) is 20.8. The summed E-state index contributed by atoms with van der Waals surface area (Å²) in [6.45, 7) is 2.72. The Morgan fingerprint density at radius 2 is 1.90 bits per heavy atom. The number of carbonyl (C=O) groups is 2. The molecule has 1 aromatic carbocycles. The van der Waals surface area contributed by atoms with Crippen molar-refractivity contribution in [2.24, 2.45) is 10.8 Å². The molecule has 39 heavy (non-hydrogen) atoms. The second-order valence-electron chi connectivity index (χ2n) is 9.03. The Balaban J connectivity index is 1.28. The number of rotatable bonds is 5. The molecule has 3 amide bonds. The number of amides is 3. The molecule has 1 saturated heterocycles. The number of nitrogens with zero attached hydrogens (tertiary/aromatic N) is 10. The van der Waals surface area contributed by atoms with Gasteiger partial charge in [0.2, 0.25) is 11.9 Å². The highest BCUT2D eigenvalue weighted by molar-refractivity contribution is 5.79. The monoisotopic (exact) mass is 535 g/mol. The summed E-state index contributed by atoms with van der Waals surface area (Å²) in [5, 5.41) is 22.9. The largest absolute Gasteiger partial charge is 0.368 e. The number of nitrogens with two attached hydrogens (primary N) is 1. The second kappa shape index (κ2) is 10.4. The van der Waals surface area contributed by atoms with E-state index in [-0.39, 0.29) is 35.5 Å². The predicted molar refractivity (Wildman–Crippen MR) is 133 cm³/mol. The van der Waals surface area contributed by atoms with Crippen LogP contribution in [0.3, 0.4) is 0 Å². The summed E-state index contributed by atoms with van der Waals surface area (Å²) in [4.78, 5) is 37.5. The number of aromatic nitrogens is 5. The number of aryl methyl sites for hydroxylation is 1. The average Bonchev–Trinajstić information content (AvgIpc) is 3.54. The van der Waals surface area contributed by atoms with E-state index in [9.17, 15) is 23.6 Å². The SMILES string of the molecule is Cc1nn(CC(N)=O)nc1-c1nc(N2CCN(C(=O)N3N=CC[C@H]3c3cc(F)cc(C#N)c3)CC2)ncc1F. The molecule has 2 aliphatic rings. The van der Waals surface area contributed by atoms with Crippen molar-refractivity contribution >= 4 is 24.1 Å². The van der Waals surface area contributed by atoms with Gasteiger partial charge in [-0.25, -0.2) is 28.6 Å². The quantitative estimate of drug-likeness (QED) is 0.512. The smallest absolute Gasteiger partial charge is 0.341 e. The van der Waals surface area contributed by atoms with Gasteiger partial charge in [-0.1, -0.05) is 0 Å². The minimum Gasteiger partial charge on any atom is -0.368 e. The van der Waals surface area contributed by atoms with Crippen LogP contribution in [0.5, 0.6) is 0 Å². The number of anilines is 1. The average molecular weight is 536 g/mol. The number of piperazine rings is 1. The Bertz CT molecular complexity index is 1510. The number of hydrogen-bond acceptors (Lipinski definition) is 9. The lowest BCUT2D eigenvalue weighted by atomic mass is 10.0. The fourth-order valence-electron chi connectivity index (χ4n) is 4.52. The minimum atomic E-state index is -0.698. The van der Waals surface area contributed by atoms with Gasteiger partial charge < -0.3 is 15.5 Å². The molecule has 0 radical (unpaired) electrons. The molecule has 0 bridgehead atoms. The summed E-state index contributed by atoms with van der Waals surface area (Å²) in [5.41, 5.74) is 6.33. The molecule has 1 fully saturated rings. The van der Waals surface area contributed by atoms with Crippen LogP contribution in [0.2, 0.25) is 0 Å². The molecule has 2 N–H and O–H groups in total. The highest BCUT2D eigenvalue weighted by Gasteiger charge is 2.34. The van der Waals surface area contributed by atoms with Crippen molar-refractivity contribution in [2.45, 2.75) is 25.9 Å². The summed E-state index contributed by atoms with van der Waals surface area (Å²) in [6, 6.07) is 5.05. The summed E-state index contributed by atoms with van der Waals surface area (Å²) >= 11 is 0. The van der Waals surface area contributed by atoms with Crippen LogP contribution >= 0.6 is 0 Å². The summed E-state index contributed by atoms with van der Waals surface area (Å²) in [6.07, 6.45) is 3.03. The predicted octanol–water partition coefficient (Wildman–Crippen LogP) is 1.35. The lowest BCUT2D eigenvalue weighted by molar-refractivity contribution is -0.118. The first-order valence-corrected chi connectivity index (χ1v) is 12.0. The maximum atomic E-state index is 14.6. The normalized spacial score (nSPS) is 17.0. The van der Waals surface area contributed by atoms with Gasteiger partial charge in [-0.15, -0.1) is 0 Å². The topological polar surface area (TPSA) is 163 Å². The van der Waals surface area contributed by atoms with Gasteiger partial charge in [0.05, 0.1) is 29.6 Å². The van der Waals surface area contributed by atoms with Crippen LogP contribution in [-0.2, 0) is 11.3 Å². The van der Waals surface area contributed by atoms with Gasteiger partial charge in [-0.3, -0.25) is 4.79 Å². The first-order chi connectivity index (χ1) is 18.7. The summed E-state index contributed by atoms with van der Waals surface area (Å²) in [7, 11) is 0. The van der Waals surface area contributed by atoms with Crippen LogP contribution in [0.15, 0.2) is 29.5 Å². The molecule has 0 saturated carbocycles. The molecule has 5 rings (SSSR count). The summed E-state index contributed by atoms with van der Waals surface area (Å²) < 4.78 is 28.7. The van der Waals surface area contributed by atoms with E-state index in [4.69, 9.17) is 5.73 Å². The number of nitriles is 1. The third-order valence-corrected chi connectivity index (χ3v) is 6.37. The maximum absolute atomic E-state index is 14.6. The van der Waals surface area contributed by atoms with Crippen molar-refractivity contribution < 1.29 is 18.4 Å². The van der Waals surface area contributed by atoms with Crippen LogP contribution < -0.4 is 10.6 Å². The van der Waals surface area contributed by atoms with Crippen LogP contribution in [0, 0.1) is 29.9 Å². The maximum Gasteiger partial charge on any atom is 0.341 e. The van der Waals surface area contributed by atoms with E-state index in [1.165, 1.54) is 11.1 Å². The van der Waals surface area contributed by atoms with E-state index in [1.807, 2.05) is 11.0 Å². The minimum absolute atomic E-state index is 0.0622. The van der Waals surface area contributed by atoms with Gasteiger partial charge in [-0.05, 0) is 30.7 Å². The van der Waals surface area contributed by atoms with E-state index in [1.54, 1.807) is 24.1 Å². The van der Waals surface area contributed by atoms with Gasteiger partial charge in [0.25, 0.3) is 0 Å². The summed E-state index contributed by atoms with van der Waals surface area (Å²) in [5.74, 6) is -1.64.